The fraction of sp³-hybridized carbons (Fsp3) is 0.800. The van der Waals surface area contributed by atoms with Crippen LogP contribution in [0.25, 0.3) is 0 Å². The maximum absolute atomic E-state index is 5.74. The third-order valence-corrected chi connectivity index (χ3v) is 4.24. The van der Waals surface area contributed by atoms with Gasteiger partial charge in [0.05, 0.1) is 12.2 Å². The summed E-state index contributed by atoms with van der Waals surface area (Å²) in [6.45, 7) is 4.46. The first-order valence-corrected chi connectivity index (χ1v) is 9.34. The molecule has 0 aromatic heterocycles. The second-order valence-electron chi connectivity index (χ2n) is 6.30. The number of allylic oxidation sites excluding steroid dienone is 3. The van der Waals surface area contributed by atoms with Crippen LogP contribution in [0.15, 0.2) is 24.3 Å². The van der Waals surface area contributed by atoms with E-state index in [9.17, 15) is 0 Å². The van der Waals surface area contributed by atoms with Crippen molar-refractivity contribution in [2.24, 2.45) is 0 Å². The van der Waals surface area contributed by atoms with E-state index in [0.29, 0.717) is 12.2 Å². The van der Waals surface area contributed by atoms with Crippen LogP contribution in [-0.2, 0) is 4.74 Å². The first-order valence-electron chi connectivity index (χ1n) is 9.34. The van der Waals surface area contributed by atoms with Crippen LogP contribution in [0.1, 0.15) is 90.9 Å². The molecule has 1 rings (SSSR count). The summed E-state index contributed by atoms with van der Waals surface area (Å²) in [6.07, 6.45) is 26.0. The van der Waals surface area contributed by atoms with Crippen molar-refractivity contribution in [1.29, 1.82) is 0 Å². The summed E-state index contributed by atoms with van der Waals surface area (Å²) < 4.78 is 5.74. The molecule has 0 N–H and O–H groups in total. The normalized spacial score (nSPS) is 21.6. The van der Waals surface area contributed by atoms with E-state index in [2.05, 4.69) is 38.2 Å². The average molecular weight is 293 g/mol. The lowest BCUT2D eigenvalue weighted by atomic mass is 10.1. The molecule has 0 aromatic carbocycles. The summed E-state index contributed by atoms with van der Waals surface area (Å²) in [4.78, 5) is 0. The Labute approximate surface area is 132 Å². The summed E-state index contributed by atoms with van der Waals surface area (Å²) in [5.74, 6) is 0. The molecule has 0 unspecified atom stereocenters. The zero-order valence-electron chi connectivity index (χ0n) is 14.4. The SMILES string of the molecule is CC/C=C\C/C=C\C[C@H]1O[C@H]1CCCCCCCCCC. The van der Waals surface area contributed by atoms with E-state index in [1.165, 1.54) is 57.8 Å². The first kappa shape index (κ1) is 18.5. The molecule has 0 aromatic rings. The minimum atomic E-state index is 0.529. The van der Waals surface area contributed by atoms with Crippen molar-refractivity contribution < 1.29 is 4.74 Å². The number of epoxide rings is 1. The number of rotatable bonds is 14. The van der Waals surface area contributed by atoms with Gasteiger partial charge >= 0.3 is 0 Å². The number of unbranched alkanes of at least 4 members (excludes halogenated alkanes) is 7. The molecule has 0 radical (unpaired) electrons. The van der Waals surface area contributed by atoms with Gasteiger partial charge in [-0.2, -0.15) is 0 Å². The second-order valence-corrected chi connectivity index (χ2v) is 6.30. The fourth-order valence-electron chi connectivity index (χ4n) is 2.79. The molecular formula is C20H36O. The van der Waals surface area contributed by atoms with Gasteiger partial charge in [-0.3, -0.25) is 0 Å². The van der Waals surface area contributed by atoms with Gasteiger partial charge in [-0.25, -0.2) is 0 Å². The highest BCUT2D eigenvalue weighted by molar-refractivity contribution is 4.97. The molecule has 0 amide bonds. The summed E-state index contributed by atoms with van der Waals surface area (Å²) in [5, 5.41) is 0. The van der Waals surface area contributed by atoms with Gasteiger partial charge in [-0.05, 0) is 25.7 Å². The van der Waals surface area contributed by atoms with Crippen molar-refractivity contribution in [3.63, 3.8) is 0 Å². The van der Waals surface area contributed by atoms with Crippen molar-refractivity contribution >= 4 is 0 Å². The molecule has 1 aliphatic rings. The molecule has 2 atom stereocenters. The third kappa shape index (κ3) is 10.8. The average Bonchev–Trinajstić information content (AvgIpc) is 3.24. The predicted octanol–water partition coefficient (Wildman–Crippen LogP) is 6.59. The Bertz CT molecular complexity index is 280. The van der Waals surface area contributed by atoms with Gasteiger partial charge in [0.2, 0.25) is 0 Å². The Hall–Kier alpha value is -0.560. The Morgan fingerprint density at radius 3 is 2.10 bits per heavy atom. The fourth-order valence-corrected chi connectivity index (χ4v) is 2.79. The quantitative estimate of drug-likeness (QED) is 0.200. The van der Waals surface area contributed by atoms with Crippen LogP contribution >= 0.6 is 0 Å². The van der Waals surface area contributed by atoms with Gasteiger partial charge in [0.1, 0.15) is 0 Å². The molecule has 1 nitrogen and oxygen atoms in total. The first-order chi connectivity index (χ1) is 10.4. The number of hydrogen-bond acceptors (Lipinski definition) is 1. The number of hydrogen-bond donors (Lipinski definition) is 0. The van der Waals surface area contributed by atoms with Gasteiger partial charge in [0.15, 0.2) is 0 Å². The van der Waals surface area contributed by atoms with E-state index in [0.717, 1.165) is 19.3 Å². The van der Waals surface area contributed by atoms with Gasteiger partial charge in [-0.15, -0.1) is 0 Å². The van der Waals surface area contributed by atoms with E-state index in [1.54, 1.807) is 0 Å². The molecule has 0 bridgehead atoms. The van der Waals surface area contributed by atoms with E-state index in [1.807, 2.05) is 0 Å². The van der Waals surface area contributed by atoms with Crippen LogP contribution in [-0.4, -0.2) is 12.2 Å². The number of ether oxygens (including phenoxy) is 1. The lowest BCUT2D eigenvalue weighted by Crippen LogP contribution is -1.93. The molecule has 0 spiro atoms. The van der Waals surface area contributed by atoms with Crippen LogP contribution in [0.2, 0.25) is 0 Å². The van der Waals surface area contributed by atoms with Crippen molar-refractivity contribution in [2.45, 2.75) is 103 Å². The Kier molecular flexibility index (Phi) is 11.6. The van der Waals surface area contributed by atoms with Crippen molar-refractivity contribution in [1.82, 2.24) is 0 Å². The van der Waals surface area contributed by atoms with Gasteiger partial charge in [-0.1, -0.05) is 89.5 Å². The lowest BCUT2D eigenvalue weighted by molar-refractivity contribution is 0.358. The smallest absolute Gasteiger partial charge is 0.0876 e. The van der Waals surface area contributed by atoms with Crippen LogP contribution in [0.5, 0.6) is 0 Å². The summed E-state index contributed by atoms with van der Waals surface area (Å²) in [7, 11) is 0. The standard InChI is InChI=1S/C20H36O/c1-3-5-7-9-11-12-14-16-18-20-19(21-20)17-15-13-10-8-6-4-2/h6,8,13,15,19-20H,3-5,7,9-12,14,16-18H2,1-2H3/b8-6-,15-13-/t19-,20+/m1/s1. The Morgan fingerprint density at radius 2 is 1.38 bits per heavy atom. The molecule has 122 valence electrons. The zero-order valence-corrected chi connectivity index (χ0v) is 14.4. The highest BCUT2D eigenvalue weighted by atomic mass is 16.6. The molecule has 0 saturated carbocycles. The topological polar surface area (TPSA) is 12.5 Å². The minimum absolute atomic E-state index is 0.529. The maximum atomic E-state index is 5.74. The van der Waals surface area contributed by atoms with Crippen molar-refractivity contribution in [3.8, 4) is 0 Å². The predicted molar refractivity (Wildman–Crippen MR) is 93.7 cm³/mol. The summed E-state index contributed by atoms with van der Waals surface area (Å²) >= 11 is 0. The molecule has 1 saturated heterocycles. The molecule has 1 heterocycles. The van der Waals surface area contributed by atoms with Gasteiger partial charge in [0.25, 0.3) is 0 Å². The molecule has 0 aliphatic carbocycles. The summed E-state index contributed by atoms with van der Waals surface area (Å²) in [5.41, 5.74) is 0. The molecular weight excluding hydrogens is 256 g/mol. The highest BCUT2D eigenvalue weighted by Gasteiger charge is 2.36. The monoisotopic (exact) mass is 292 g/mol. The molecule has 1 fully saturated rings. The van der Waals surface area contributed by atoms with Gasteiger partial charge < -0.3 is 4.74 Å². The van der Waals surface area contributed by atoms with E-state index >= 15 is 0 Å². The van der Waals surface area contributed by atoms with Crippen LogP contribution < -0.4 is 0 Å². The lowest BCUT2D eigenvalue weighted by Gasteiger charge is -2.00. The maximum Gasteiger partial charge on any atom is 0.0876 e. The highest BCUT2D eigenvalue weighted by Crippen LogP contribution is 2.30. The van der Waals surface area contributed by atoms with Crippen LogP contribution in [0.3, 0.4) is 0 Å². The molecule has 21 heavy (non-hydrogen) atoms. The van der Waals surface area contributed by atoms with E-state index in [-0.39, 0.29) is 0 Å². The van der Waals surface area contributed by atoms with E-state index < -0.39 is 0 Å². The van der Waals surface area contributed by atoms with Crippen molar-refractivity contribution in [2.75, 3.05) is 0 Å². The van der Waals surface area contributed by atoms with Crippen LogP contribution in [0.4, 0.5) is 0 Å². The summed E-state index contributed by atoms with van der Waals surface area (Å²) in [6, 6.07) is 0. The Morgan fingerprint density at radius 1 is 0.714 bits per heavy atom. The van der Waals surface area contributed by atoms with E-state index in [4.69, 9.17) is 4.74 Å². The van der Waals surface area contributed by atoms with Crippen molar-refractivity contribution in [3.05, 3.63) is 24.3 Å². The van der Waals surface area contributed by atoms with Crippen LogP contribution in [0, 0.1) is 0 Å². The second kappa shape index (κ2) is 13.1. The molecule has 1 heteroatoms. The zero-order chi connectivity index (χ0) is 15.2. The molecule has 1 aliphatic heterocycles. The third-order valence-electron chi connectivity index (χ3n) is 4.24. The Balaban J connectivity index is 1.83. The largest absolute Gasteiger partial charge is 0.369 e. The van der Waals surface area contributed by atoms with Gasteiger partial charge in [0, 0.05) is 0 Å². The minimum Gasteiger partial charge on any atom is -0.369 e.